The maximum Gasteiger partial charge on any atom is 0.237 e. The highest BCUT2D eigenvalue weighted by molar-refractivity contribution is 5.83. The van der Waals surface area contributed by atoms with E-state index < -0.39 is 5.54 Å². The third kappa shape index (κ3) is 4.49. The Balaban J connectivity index is 2.57. The molecule has 3 heteroatoms. The fourth-order valence-corrected chi connectivity index (χ4v) is 1.67. The summed E-state index contributed by atoms with van der Waals surface area (Å²) in [6.07, 6.45) is 1.10. The molecule has 0 atom stereocenters. The van der Waals surface area contributed by atoms with E-state index in [1.165, 1.54) is 5.56 Å². The summed E-state index contributed by atoms with van der Waals surface area (Å²) < 4.78 is 0. The summed E-state index contributed by atoms with van der Waals surface area (Å²) in [5.74, 6) is 0.335. The van der Waals surface area contributed by atoms with Crippen LogP contribution in [-0.4, -0.2) is 11.4 Å². The second-order valence-corrected chi connectivity index (χ2v) is 5.76. The predicted molar refractivity (Wildman–Crippen MR) is 75.1 cm³/mol. The van der Waals surface area contributed by atoms with Gasteiger partial charge < -0.3 is 5.73 Å². The molecule has 1 aromatic carbocycles. The molecule has 100 valence electrons. The van der Waals surface area contributed by atoms with E-state index in [4.69, 9.17) is 5.73 Å². The Bertz CT molecular complexity index is 393. The van der Waals surface area contributed by atoms with Gasteiger partial charge in [-0.2, -0.15) is 0 Å². The second-order valence-electron chi connectivity index (χ2n) is 5.76. The van der Waals surface area contributed by atoms with Gasteiger partial charge in [0, 0.05) is 6.54 Å². The zero-order chi connectivity index (χ0) is 13.8. The first-order valence-electron chi connectivity index (χ1n) is 6.44. The molecule has 18 heavy (non-hydrogen) atoms. The molecule has 0 saturated carbocycles. The summed E-state index contributed by atoms with van der Waals surface area (Å²) in [5, 5.41) is 3.16. The minimum atomic E-state index is -0.670. The van der Waals surface area contributed by atoms with Crippen LogP contribution in [0.4, 0.5) is 0 Å². The van der Waals surface area contributed by atoms with Crippen molar-refractivity contribution in [1.82, 2.24) is 5.32 Å². The number of carbonyl (C=O) groups is 1. The van der Waals surface area contributed by atoms with Gasteiger partial charge in [0.2, 0.25) is 5.91 Å². The van der Waals surface area contributed by atoms with E-state index in [0.29, 0.717) is 12.5 Å². The third-order valence-corrected chi connectivity index (χ3v) is 3.02. The predicted octanol–water partition coefficient (Wildman–Crippen LogP) is 2.24. The molecular formula is C15H24N2O. The van der Waals surface area contributed by atoms with Crippen molar-refractivity contribution in [2.45, 2.75) is 46.2 Å². The van der Waals surface area contributed by atoms with Crippen LogP contribution >= 0.6 is 0 Å². The average molecular weight is 248 g/mol. The molecule has 0 aromatic heterocycles. The highest BCUT2D eigenvalue weighted by Crippen LogP contribution is 2.11. The van der Waals surface area contributed by atoms with Crippen molar-refractivity contribution >= 4 is 5.91 Å². The summed E-state index contributed by atoms with van der Waals surface area (Å²) in [4.78, 5) is 11.2. The zero-order valence-electron chi connectivity index (χ0n) is 11.8. The SMILES string of the molecule is CC(C)Cc1ccc(CNC(C)(C)C(N)=O)cc1. The molecule has 0 bridgehead atoms. The first-order chi connectivity index (χ1) is 8.31. The van der Waals surface area contributed by atoms with Crippen molar-refractivity contribution in [1.29, 1.82) is 0 Å². The molecule has 0 radical (unpaired) electrons. The Hall–Kier alpha value is -1.35. The summed E-state index contributed by atoms with van der Waals surface area (Å²) in [5.41, 5.74) is 7.16. The summed E-state index contributed by atoms with van der Waals surface area (Å²) in [6, 6.07) is 8.49. The zero-order valence-corrected chi connectivity index (χ0v) is 11.8. The molecule has 1 aromatic rings. The van der Waals surface area contributed by atoms with Crippen molar-refractivity contribution in [3.05, 3.63) is 35.4 Å². The normalized spacial score (nSPS) is 11.8. The van der Waals surface area contributed by atoms with Gasteiger partial charge in [-0.05, 0) is 37.3 Å². The Kier molecular flexibility index (Phi) is 4.91. The Morgan fingerprint density at radius 1 is 1.22 bits per heavy atom. The van der Waals surface area contributed by atoms with Crippen molar-refractivity contribution in [2.24, 2.45) is 11.7 Å². The minimum absolute atomic E-state index is 0.334. The van der Waals surface area contributed by atoms with E-state index in [9.17, 15) is 4.79 Å². The molecule has 0 aliphatic rings. The van der Waals surface area contributed by atoms with Gasteiger partial charge in [-0.25, -0.2) is 0 Å². The molecule has 0 aliphatic heterocycles. The van der Waals surface area contributed by atoms with E-state index in [1.807, 2.05) is 0 Å². The lowest BCUT2D eigenvalue weighted by atomic mass is 10.0. The molecule has 0 fully saturated rings. The first-order valence-corrected chi connectivity index (χ1v) is 6.44. The van der Waals surface area contributed by atoms with Crippen molar-refractivity contribution < 1.29 is 4.79 Å². The van der Waals surface area contributed by atoms with Crippen LogP contribution in [-0.2, 0) is 17.8 Å². The van der Waals surface area contributed by atoms with E-state index in [-0.39, 0.29) is 5.91 Å². The summed E-state index contributed by atoms with van der Waals surface area (Å²) >= 11 is 0. The number of amides is 1. The Morgan fingerprint density at radius 2 is 1.72 bits per heavy atom. The highest BCUT2D eigenvalue weighted by Gasteiger charge is 2.23. The monoisotopic (exact) mass is 248 g/mol. The number of hydrogen-bond donors (Lipinski definition) is 2. The molecule has 0 unspecified atom stereocenters. The molecule has 1 amide bonds. The van der Waals surface area contributed by atoms with E-state index >= 15 is 0 Å². The van der Waals surface area contributed by atoms with Gasteiger partial charge in [0.05, 0.1) is 5.54 Å². The molecule has 0 saturated heterocycles. The third-order valence-electron chi connectivity index (χ3n) is 3.02. The lowest BCUT2D eigenvalue weighted by Crippen LogP contribution is -2.50. The second kappa shape index (κ2) is 6.01. The number of nitrogens with two attached hydrogens (primary N) is 1. The number of primary amides is 1. The quantitative estimate of drug-likeness (QED) is 0.811. The van der Waals surface area contributed by atoms with Crippen LogP contribution in [0.1, 0.15) is 38.8 Å². The maximum atomic E-state index is 11.2. The van der Waals surface area contributed by atoms with E-state index in [0.717, 1.165) is 12.0 Å². The fraction of sp³-hybridized carbons (Fsp3) is 0.533. The van der Waals surface area contributed by atoms with Gasteiger partial charge in [-0.3, -0.25) is 10.1 Å². The molecule has 0 aliphatic carbocycles. The van der Waals surface area contributed by atoms with Gasteiger partial charge in [0.25, 0.3) is 0 Å². The van der Waals surface area contributed by atoms with Crippen LogP contribution in [0.25, 0.3) is 0 Å². The van der Waals surface area contributed by atoms with Crippen molar-refractivity contribution in [3.63, 3.8) is 0 Å². The van der Waals surface area contributed by atoms with Gasteiger partial charge >= 0.3 is 0 Å². The largest absolute Gasteiger partial charge is 0.368 e. The lowest BCUT2D eigenvalue weighted by Gasteiger charge is -2.22. The smallest absolute Gasteiger partial charge is 0.237 e. The molecular weight excluding hydrogens is 224 g/mol. The maximum absolute atomic E-state index is 11.2. The lowest BCUT2D eigenvalue weighted by molar-refractivity contribution is -0.123. The minimum Gasteiger partial charge on any atom is -0.368 e. The van der Waals surface area contributed by atoms with Crippen LogP contribution in [0, 0.1) is 5.92 Å². The first kappa shape index (κ1) is 14.7. The van der Waals surface area contributed by atoms with Crippen molar-refractivity contribution in [2.75, 3.05) is 0 Å². The van der Waals surface area contributed by atoms with Gasteiger partial charge in [0.15, 0.2) is 0 Å². The number of nitrogens with one attached hydrogen (secondary N) is 1. The van der Waals surface area contributed by atoms with E-state index in [2.05, 4.69) is 43.4 Å². The molecule has 1 rings (SSSR count). The number of carbonyl (C=O) groups excluding carboxylic acids is 1. The average Bonchev–Trinajstić information content (AvgIpc) is 2.27. The molecule has 3 nitrogen and oxygen atoms in total. The van der Waals surface area contributed by atoms with Crippen LogP contribution < -0.4 is 11.1 Å². The molecule has 0 spiro atoms. The number of benzene rings is 1. The van der Waals surface area contributed by atoms with Crippen LogP contribution in [0.2, 0.25) is 0 Å². The standard InChI is InChI=1S/C15H24N2O/c1-11(2)9-12-5-7-13(8-6-12)10-17-15(3,4)14(16)18/h5-8,11,17H,9-10H2,1-4H3,(H2,16,18). The Morgan fingerprint density at radius 3 is 2.17 bits per heavy atom. The van der Waals surface area contributed by atoms with Crippen LogP contribution in [0.5, 0.6) is 0 Å². The topological polar surface area (TPSA) is 55.1 Å². The highest BCUT2D eigenvalue weighted by atomic mass is 16.1. The number of hydrogen-bond acceptors (Lipinski definition) is 2. The van der Waals surface area contributed by atoms with E-state index in [1.54, 1.807) is 13.8 Å². The van der Waals surface area contributed by atoms with Crippen LogP contribution in [0.15, 0.2) is 24.3 Å². The summed E-state index contributed by atoms with van der Waals surface area (Å²) in [7, 11) is 0. The summed E-state index contributed by atoms with van der Waals surface area (Å²) in [6.45, 7) is 8.67. The van der Waals surface area contributed by atoms with Crippen LogP contribution in [0.3, 0.4) is 0 Å². The fourth-order valence-electron chi connectivity index (χ4n) is 1.67. The van der Waals surface area contributed by atoms with Gasteiger partial charge in [-0.1, -0.05) is 38.1 Å². The van der Waals surface area contributed by atoms with Gasteiger partial charge in [-0.15, -0.1) is 0 Å². The molecule has 3 N–H and O–H groups in total. The van der Waals surface area contributed by atoms with Crippen molar-refractivity contribution in [3.8, 4) is 0 Å². The van der Waals surface area contributed by atoms with Gasteiger partial charge in [0.1, 0.15) is 0 Å². The Labute approximate surface area is 110 Å². The number of rotatable bonds is 6. The molecule has 0 heterocycles.